The van der Waals surface area contributed by atoms with E-state index in [4.69, 9.17) is 5.73 Å². The topological polar surface area (TPSA) is 60.2 Å². The third kappa shape index (κ3) is 3.19. The van der Waals surface area contributed by atoms with Gasteiger partial charge in [-0.3, -0.25) is 0 Å². The van der Waals surface area contributed by atoms with Crippen molar-refractivity contribution in [2.24, 2.45) is 11.1 Å². The van der Waals surface area contributed by atoms with Crippen LogP contribution < -0.4 is 5.73 Å². The summed E-state index contributed by atoms with van der Waals surface area (Å²) in [6.07, 6.45) is 0. The SMILES string of the molecule is CC(C)(C)C(N)CS(=O)(=O)c1ccc2ccccc2c1. The van der Waals surface area contributed by atoms with Crippen LogP contribution in [0.25, 0.3) is 10.8 Å². The molecular weight excluding hydrogens is 270 g/mol. The fraction of sp³-hybridized carbons (Fsp3) is 0.375. The number of rotatable bonds is 3. The molecule has 20 heavy (non-hydrogen) atoms. The highest BCUT2D eigenvalue weighted by Gasteiger charge is 2.27. The van der Waals surface area contributed by atoms with Gasteiger partial charge in [-0.1, -0.05) is 51.1 Å². The summed E-state index contributed by atoms with van der Waals surface area (Å²) in [6.45, 7) is 5.86. The Labute approximate surface area is 120 Å². The van der Waals surface area contributed by atoms with E-state index in [-0.39, 0.29) is 17.2 Å². The van der Waals surface area contributed by atoms with Crippen LogP contribution in [-0.2, 0) is 9.84 Å². The molecule has 3 nitrogen and oxygen atoms in total. The lowest BCUT2D eigenvalue weighted by Gasteiger charge is -2.26. The summed E-state index contributed by atoms with van der Waals surface area (Å²) >= 11 is 0. The van der Waals surface area contributed by atoms with Crippen LogP contribution in [0.15, 0.2) is 47.4 Å². The molecule has 0 saturated carbocycles. The van der Waals surface area contributed by atoms with Gasteiger partial charge < -0.3 is 5.73 Å². The second-order valence-corrected chi connectivity index (χ2v) is 8.30. The molecule has 0 aliphatic carbocycles. The van der Waals surface area contributed by atoms with Gasteiger partial charge in [0.25, 0.3) is 0 Å². The Kier molecular flexibility index (Phi) is 3.89. The lowest BCUT2D eigenvalue weighted by atomic mass is 9.89. The molecule has 2 rings (SSSR count). The van der Waals surface area contributed by atoms with Crippen molar-refractivity contribution in [2.45, 2.75) is 31.7 Å². The predicted octanol–water partition coefficient (Wildman–Crippen LogP) is 2.99. The molecule has 0 aromatic heterocycles. The Morgan fingerprint density at radius 3 is 2.25 bits per heavy atom. The van der Waals surface area contributed by atoms with E-state index in [1.807, 2.05) is 51.1 Å². The zero-order valence-electron chi connectivity index (χ0n) is 12.1. The van der Waals surface area contributed by atoms with Gasteiger partial charge in [-0.15, -0.1) is 0 Å². The Morgan fingerprint density at radius 1 is 1.05 bits per heavy atom. The van der Waals surface area contributed by atoms with Crippen molar-refractivity contribution in [3.63, 3.8) is 0 Å². The summed E-state index contributed by atoms with van der Waals surface area (Å²) in [6, 6.07) is 12.5. The molecule has 0 spiro atoms. The molecule has 4 heteroatoms. The molecule has 0 aliphatic heterocycles. The molecule has 2 aromatic rings. The number of hydrogen-bond acceptors (Lipinski definition) is 3. The molecule has 108 valence electrons. The van der Waals surface area contributed by atoms with E-state index in [2.05, 4.69) is 0 Å². The minimum atomic E-state index is -3.36. The van der Waals surface area contributed by atoms with Crippen molar-refractivity contribution in [3.05, 3.63) is 42.5 Å². The molecule has 0 amide bonds. The first-order valence-corrected chi connectivity index (χ1v) is 8.32. The molecule has 1 atom stereocenters. The highest BCUT2D eigenvalue weighted by molar-refractivity contribution is 7.91. The largest absolute Gasteiger partial charge is 0.326 e. The van der Waals surface area contributed by atoms with Gasteiger partial charge >= 0.3 is 0 Å². The smallest absolute Gasteiger partial charge is 0.179 e. The Morgan fingerprint density at radius 2 is 1.65 bits per heavy atom. The van der Waals surface area contributed by atoms with Crippen LogP contribution in [0, 0.1) is 5.41 Å². The number of benzene rings is 2. The van der Waals surface area contributed by atoms with E-state index in [1.54, 1.807) is 12.1 Å². The lowest BCUT2D eigenvalue weighted by molar-refractivity contribution is 0.340. The van der Waals surface area contributed by atoms with Gasteiger partial charge in [0, 0.05) is 6.04 Å². The summed E-state index contributed by atoms with van der Waals surface area (Å²) in [4.78, 5) is 0.343. The van der Waals surface area contributed by atoms with E-state index in [0.29, 0.717) is 4.90 Å². The van der Waals surface area contributed by atoms with Crippen LogP contribution in [0.5, 0.6) is 0 Å². The van der Waals surface area contributed by atoms with Gasteiger partial charge in [0.1, 0.15) is 0 Å². The van der Waals surface area contributed by atoms with Gasteiger partial charge in [-0.2, -0.15) is 0 Å². The molecule has 0 fully saturated rings. The van der Waals surface area contributed by atoms with E-state index in [0.717, 1.165) is 10.8 Å². The monoisotopic (exact) mass is 291 g/mol. The van der Waals surface area contributed by atoms with Crippen LogP contribution in [-0.4, -0.2) is 20.2 Å². The fourth-order valence-corrected chi connectivity index (χ4v) is 3.69. The fourth-order valence-electron chi connectivity index (χ4n) is 1.94. The van der Waals surface area contributed by atoms with Crippen molar-refractivity contribution in [1.82, 2.24) is 0 Å². The number of hydrogen-bond donors (Lipinski definition) is 1. The van der Waals surface area contributed by atoms with Crippen molar-refractivity contribution in [2.75, 3.05) is 5.75 Å². The molecule has 0 heterocycles. The minimum Gasteiger partial charge on any atom is -0.326 e. The second-order valence-electron chi connectivity index (χ2n) is 6.26. The zero-order valence-corrected chi connectivity index (χ0v) is 12.9. The quantitative estimate of drug-likeness (QED) is 0.945. The van der Waals surface area contributed by atoms with Crippen molar-refractivity contribution < 1.29 is 8.42 Å². The van der Waals surface area contributed by atoms with Crippen LogP contribution in [0.3, 0.4) is 0 Å². The minimum absolute atomic E-state index is 0.0329. The standard InChI is InChI=1S/C16H21NO2S/c1-16(2,3)15(17)11-20(18,19)14-9-8-12-6-4-5-7-13(12)10-14/h4-10,15H,11,17H2,1-3H3. The van der Waals surface area contributed by atoms with Crippen molar-refractivity contribution in [1.29, 1.82) is 0 Å². The van der Waals surface area contributed by atoms with Gasteiger partial charge in [-0.05, 0) is 28.3 Å². The Hall–Kier alpha value is -1.39. The summed E-state index contributed by atoms with van der Waals surface area (Å²) in [5.74, 6) is -0.0329. The molecule has 0 radical (unpaired) electrons. The summed E-state index contributed by atoms with van der Waals surface area (Å²) in [7, 11) is -3.36. The van der Waals surface area contributed by atoms with E-state index < -0.39 is 9.84 Å². The maximum Gasteiger partial charge on any atom is 0.179 e. The lowest BCUT2D eigenvalue weighted by Crippen LogP contribution is -2.41. The van der Waals surface area contributed by atoms with Crippen LogP contribution in [0.4, 0.5) is 0 Å². The first-order chi connectivity index (χ1) is 9.20. The van der Waals surface area contributed by atoms with Crippen LogP contribution >= 0.6 is 0 Å². The second kappa shape index (κ2) is 5.19. The first kappa shape index (κ1) is 15.0. The highest BCUT2D eigenvalue weighted by Crippen LogP contribution is 2.24. The summed E-state index contributed by atoms with van der Waals surface area (Å²) in [5, 5.41) is 1.96. The maximum atomic E-state index is 12.5. The van der Waals surface area contributed by atoms with Gasteiger partial charge in [0.15, 0.2) is 9.84 Å². The normalized spacial score (nSPS) is 14.4. The third-order valence-electron chi connectivity index (χ3n) is 3.59. The third-order valence-corrected chi connectivity index (χ3v) is 5.36. The average Bonchev–Trinajstić information content (AvgIpc) is 2.36. The van der Waals surface area contributed by atoms with E-state index in [1.165, 1.54) is 0 Å². The average molecular weight is 291 g/mol. The number of nitrogens with two attached hydrogens (primary N) is 1. The number of fused-ring (bicyclic) bond motifs is 1. The van der Waals surface area contributed by atoms with Gasteiger partial charge in [0.2, 0.25) is 0 Å². The summed E-state index contributed by atoms with van der Waals surface area (Å²) < 4.78 is 24.9. The summed E-state index contributed by atoms with van der Waals surface area (Å²) in [5.41, 5.74) is 5.78. The maximum absolute atomic E-state index is 12.5. The first-order valence-electron chi connectivity index (χ1n) is 6.67. The van der Waals surface area contributed by atoms with Crippen molar-refractivity contribution >= 4 is 20.6 Å². The van der Waals surface area contributed by atoms with Crippen molar-refractivity contribution in [3.8, 4) is 0 Å². The predicted molar refractivity (Wildman–Crippen MR) is 83.4 cm³/mol. The zero-order chi connectivity index (χ0) is 15.0. The molecular formula is C16H21NO2S. The van der Waals surface area contributed by atoms with E-state index >= 15 is 0 Å². The van der Waals surface area contributed by atoms with Crippen LogP contribution in [0.2, 0.25) is 0 Å². The molecule has 0 bridgehead atoms. The Balaban J connectivity index is 2.37. The van der Waals surface area contributed by atoms with Gasteiger partial charge in [-0.25, -0.2) is 8.42 Å². The highest BCUT2D eigenvalue weighted by atomic mass is 32.2. The molecule has 2 N–H and O–H groups in total. The van der Waals surface area contributed by atoms with Crippen LogP contribution in [0.1, 0.15) is 20.8 Å². The molecule has 0 saturated heterocycles. The molecule has 1 unspecified atom stereocenters. The number of sulfone groups is 1. The molecule has 2 aromatic carbocycles. The van der Waals surface area contributed by atoms with E-state index in [9.17, 15) is 8.42 Å². The molecule has 0 aliphatic rings. The Bertz CT molecular complexity index is 715. The van der Waals surface area contributed by atoms with Gasteiger partial charge in [0.05, 0.1) is 10.6 Å².